The van der Waals surface area contributed by atoms with Crippen molar-refractivity contribution in [3.05, 3.63) is 33.8 Å². The highest BCUT2D eigenvalue weighted by Gasteiger charge is 2.44. The molecule has 2 amide bonds. The topological polar surface area (TPSA) is 106 Å². The molecule has 1 aromatic carbocycles. The molecule has 16 heavy (non-hydrogen) atoms. The molecule has 0 fully saturated rings. The smallest absolute Gasteiger partial charge is 0.264 e. The third kappa shape index (κ3) is 1.97. The number of hydrogen-bond acceptors (Lipinski definition) is 3. The van der Waals surface area contributed by atoms with Gasteiger partial charge >= 0.3 is 0 Å². The van der Waals surface area contributed by atoms with Crippen LogP contribution in [0.1, 0.15) is 5.56 Å². The Morgan fingerprint density at radius 2 is 1.69 bits per heavy atom. The largest absolute Gasteiger partial charge is 0.368 e. The average molecular weight is 263 g/mol. The number of carbonyl (C=O) groups is 2. The molecule has 0 aromatic heterocycles. The van der Waals surface area contributed by atoms with Crippen molar-refractivity contribution in [2.45, 2.75) is 5.60 Å². The molecule has 1 aromatic rings. The van der Waals surface area contributed by atoms with Gasteiger partial charge in [0.15, 0.2) is 0 Å². The first-order valence-corrected chi connectivity index (χ1v) is 4.83. The highest BCUT2D eigenvalue weighted by molar-refractivity contribution is 6.34. The zero-order valence-electron chi connectivity index (χ0n) is 7.91. The van der Waals surface area contributed by atoms with Crippen LogP contribution in [-0.4, -0.2) is 16.9 Å². The molecule has 5 nitrogen and oxygen atoms in total. The predicted octanol–water partition coefficient (Wildman–Crippen LogP) is 0.152. The summed E-state index contributed by atoms with van der Waals surface area (Å²) in [6, 6.07) is 3.89. The number of amides is 2. The van der Waals surface area contributed by atoms with Crippen LogP contribution in [-0.2, 0) is 15.2 Å². The first kappa shape index (κ1) is 12.8. The number of benzene rings is 1. The first-order chi connectivity index (χ1) is 7.30. The quantitative estimate of drug-likeness (QED) is 0.675. The van der Waals surface area contributed by atoms with Gasteiger partial charge in [-0.1, -0.05) is 23.2 Å². The van der Waals surface area contributed by atoms with Gasteiger partial charge in [-0.05, 0) is 18.2 Å². The Bertz CT molecular complexity index is 448. The number of rotatable bonds is 3. The van der Waals surface area contributed by atoms with E-state index in [0.29, 0.717) is 0 Å². The van der Waals surface area contributed by atoms with E-state index in [1.807, 2.05) is 0 Å². The highest BCUT2D eigenvalue weighted by Crippen LogP contribution is 2.30. The number of hydrogen-bond donors (Lipinski definition) is 3. The minimum Gasteiger partial charge on any atom is -0.368 e. The fourth-order valence-electron chi connectivity index (χ4n) is 1.16. The van der Waals surface area contributed by atoms with E-state index in [1.165, 1.54) is 12.1 Å². The van der Waals surface area contributed by atoms with Crippen LogP contribution >= 0.6 is 23.2 Å². The number of halogens is 2. The Morgan fingerprint density at radius 3 is 2.12 bits per heavy atom. The Morgan fingerprint density at radius 1 is 1.19 bits per heavy atom. The van der Waals surface area contributed by atoms with Crippen molar-refractivity contribution < 1.29 is 14.7 Å². The second-order valence-corrected chi connectivity index (χ2v) is 3.91. The van der Waals surface area contributed by atoms with Crippen molar-refractivity contribution in [3.63, 3.8) is 0 Å². The molecule has 0 saturated heterocycles. The van der Waals surface area contributed by atoms with E-state index in [2.05, 4.69) is 0 Å². The molecular weight excluding hydrogens is 255 g/mol. The Kier molecular flexibility index (Phi) is 3.42. The molecule has 0 unspecified atom stereocenters. The molecule has 0 saturated carbocycles. The second-order valence-electron chi connectivity index (χ2n) is 3.06. The summed E-state index contributed by atoms with van der Waals surface area (Å²) in [5.74, 6) is -2.63. The van der Waals surface area contributed by atoms with E-state index in [-0.39, 0.29) is 15.6 Å². The molecule has 0 radical (unpaired) electrons. The van der Waals surface area contributed by atoms with Crippen LogP contribution in [0.3, 0.4) is 0 Å². The van der Waals surface area contributed by atoms with Gasteiger partial charge in [-0.15, -0.1) is 0 Å². The Balaban J connectivity index is 3.49. The van der Waals surface area contributed by atoms with Crippen LogP contribution in [0.4, 0.5) is 0 Å². The van der Waals surface area contributed by atoms with Gasteiger partial charge in [0, 0.05) is 15.6 Å². The minimum atomic E-state index is -2.66. The maximum absolute atomic E-state index is 11.1. The van der Waals surface area contributed by atoms with Crippen molar-refractivity contribution in [3.8, 4) is 0 Å². The average Bonchev–Trinajstić information content (AvgIpc) is 2.19. The fraction of sp³-hybridized carbons (Fsp3) is 0.111. The van der Waals surface area contributed by atoms with Crippen molar-refractivity contribution in [2.75, 3.05) is 0 Å². The molecule has 0 bridgehead atoms. The van der Waals surface area contributed by atoms with Gasteiger partial charge in [0.05, 0.1) is 0 Å². The summed E-state index contributed by atoms with van der Waals surface area (Å²) in [4.78, 5) is 22.2. The van der Waals surface area contributed by atoms with Gasteiger partial charge < -0.3 is 16.6 Å². The first-order valence-electron chi connectivity index (χ1n) is 4.08. The zero-order valence-corrected chi connectivity index (χ0v) is 9.42. The molecule has 0 spiro atoms. The van der Waals surface area contributed by atoms with Crippen LogP contribution < -0.4 is 11.5 Å². The van der Waals surface area contributed by atoms with Crippen LogP contribution in [0.2, 0.25) is 10.0 Å². The summed E-state index contributed by atoms with van der Waals surface area (Å²) in [5.41, 5.74) is 6.96. The Hall–Kier alpha value is -1.30. The van der Waals surface area contributed by atoms with Gasteiger partial charge in [-0.25, -0.2) is 0 Å². The molecule has 7 heteroatoms. The van der Waals surface area contributed by atoms with Gasteiger partial charge in [0.2, 0.25) is 5.60 Å². The zero-order chi connectivity index (χ0) is 12.5. The molecular formula is C9H8Cl2N2O3. The summed E-state index contributed by atoms with van der Waals surface area (Å²) < 4.78 is 0. The highest BCUT2D eigenvalue weighted by atomic mass is 35.5. The van der Waals surface area contributed by atoms with E-state index in [0.717, 1.165) is 6.07 Å². The minimum absolute atomic E-state index is 0.0375. The maximum atomic E-state index is 11.1. The van der Waals surface area contributed by atoms with E-state index < -0.39 is 17.4 Å². The van der Waals surface area contributed by atoms with Crippen molar-refractivity contribution in [1.82, 2.24) is 0 Å². The van der Waals surface area contributed by atoms with Crippen molar-refractivity contribution in [2.24, 2.45) is 11.5 Å². The summed E-state index contributed by atoms with van der Waals surface area (Å²) >= 11 is 11.4. The monoisotopic (exact) mass is 262 g/mol. The normalized spacial score (nSPS) is 11.2. The molecule has 5 N–H and O–H groups in total. The molecule has 0 aliphatic rings. The molecule has 86 valence electrons. The number of nitrogens with two attached hydrogens (primary N) is 2. The molecule has 0 atom stereocenters. The third-order valence-corrected chi connectivity index (χ3v) is 2.60. The summed E-state index contributed by atoms with van der Waals surface area (Å²) in [5, 5.41) is 9.99. The van der Waals surface area contributed by atoms with E-state index in [9.17, 15) is 14.7 Å². The lowest BCUT2D eigenvalue weighted by atomic mass is 9.92. The lowest BCUT2D eigenvalue weighted by Gasteiger charge is -2.22. The van der Waals surface area contributed by atoms with E-state index in [4.69, 9.17) is 34.7 Å². The van der Waals surface area contributed by atoms with Crippen LogP contribution in [0, 0.1) is 0 Å². The van der Waals surface area contributed by atoms with Gasteiger partial charge in [-0.3, -0.25) is 9.59 Å². The molecule has 0 heterocycles. The van der Waals surface area contributed by atoms with Gasteiger partial charge in [-0.2, -0.15) is 0 Å². The summed E-state index contributed by atoms with van der Waals surface area (Å²) in [7, 11) is 0. The van der Waals surface area contributed by atoms with Crippen molar-refractivity contribution in [1.29, 1.82) is 0 Å². The van der Waals surface area contributed by atoms with E-state index in [1.54, 1.807) is 0 Å². The lowest BCUT2D eigenvalue weighted by molar-refractivity contribution is -0.150. The number of primary amides is 2. The maximum Gasteiger partial charge on any atom is 0.264 e. The predicted molar refractivity (Wildman–Crippen MR) is 58.7 cm³/mol. The molecule has 1 rings (SSSR count). The fourth-order valence-corrected chi connectivity index (χ4v) is 1.59. The SMILES string of the molecule is NC(=O)C(O)(C(N)=O)c1cc(Cl)ccc1Cl. The summed E-state index contributed by atoms with van der Waals surface area (Å²) in [6.45, 7) is 0. The molecule has 0 aliphatic carbocycles. The molecule has 0 aliphatic heterocycles. The lowest BCUT2D eigenvalue weighted by Crippen LogP contribution is -2.51. The van der Waals surface area contributed by atoms with Crippen molar-refractivity contribution >= 4 is 35.0 Å². The standard InChI is InChI=1S/C9H8Cl2N2O3/c10-4-1-2-6(11)5(3-4)9(16,7(12)14)8(13)15/h1-3,16H,(H2,12,14)(H2,13,15). The third-order valence-electron chi connectivity index (χ3n) is 2.03. The van der Waals surface area contributed by atoms with E-state index >= 15 is 0 Å². The number of aliphatic hydroxyl groups is 1. The van der Waals surface area contributed by atoms with Gasteiger partial charge in [0.25, 0.3) is 11.8 Å². The second kappa shape index (κ2) is 4.29. The van der Waals surface area contributed by atoms with Gasteiger partial charge in [0.1, 0.15) is 0 Å². The van der Waals surface area contributed by atoms with Crippen LogP contribution in [0.15, 0.2) is 18.2 Å². The Labute approximate surface area is 101 Å². The number of carbonyl (C=O) groups excluding carboxylic acids is 2. The summed E-state index contributed by atoms with van der Waals surface area (Å²) in [6.07, 6.45) is 0. The van der Waals surface area contributed by atoms with Crippen LogP contribution in [0.25, 0.3) is 0 Å². The van der Waals surface area contributed by atoms with Crippen LogP contribution in [0.5, 0.6) is 0 Å².